The Balaban J connectivity index is 0.000000177. The quantitative estimate of drug-likeness (QED) is 0.168. The van der Waals surface area contributed by atoms with Crippen LogP contribution in [0.25, 0.3) is 12.2 Å². The van der Waals surface area contributed by atoms with Crippen molar-refractivity contribution in [2.45, 2.75) is 0 Å². The van der Waals surface area contributed by atoms with Gasteiger partial charge in [-0.3, -0.25) is 0 Å². The van der Waals surface area contributed by atoms with Gasteiger partial charge in [0.25, 0.3) is 0 Å². The zero-order valence-corrected chi connectivity index (χ0v) is 22.2. The fourth-order valence-electron chi connectivity index (χ4n) is 3.79. The maximum Gasteiger partial charge on any atom is 3.00 e. The Labute approximate surface area is 227 Å². The van der Waals surface area contributed by atoms with Gasteiger partial charge in [0.2, 0.25) is 0 Å². The minimum Gasteiger partial charge on any atom is -0.379 e. The number of para-hydroxylation sites is 2. The van der Waals surface area contributed by atoms with Gasteiger partial charge in [-0.15, -0.1) is 35.4 Å². The van der Waals surface area contributed by atoms with Gasteiger partial charge < -0.3 is 21.5 Å². The second-order valence-corrected chi connectivity index (χ2v) is 7.80. The van der Waals surface area contributed by atoms with Crippen LogP contribution in [-0.2, 0) is 24.9 Å². The van der Waals surface area contributed by atoms with Crippen LogP contribution in [0.3, 0.4) is 0 Å². The molecule has 4 aromatic rings. The normalized spacial score (nSPS) is 12.0. The number of hydrogen-bond donors (Lipinski definition) is 0. The summed E-state index contributed by atoms with van der Waals surface area (Å²) in [6.45, 7) is 7.12. The molecule has 180 valence electrons. The number of carbonyl (C=O) groups excluding carboxylic acids is 1. The Hall–Kier alpha value is -4.11. The zero-order valence-electron chi connectivity index (χ0n) is 19.8. The molecule has 0 spiro atoms. The van der Waals surface area contributed by atoms with Crippen LogP contribution in [0.5, 0.6) is 0 Å². The molecule has 4 aromatic carbocycles. The van der Waals surface area contributed by atoms with E-state index in [9.17, 15) is 0 Å². The van der Waals surface area contributed by atoms with Crippen LogP contribution < -0.4 is 9.80 Å². The van der Waals surface area contributed by atoms with Gasteiger partial charge in [-0.2, -0.15) is 23.3 Å². The number of rotatable bonds is 2. The first kappa shape index (κ1) is 26.5. The summed E-state index contributed by atoms with van der Waals surface area (Å²) in [6, 6.07) is 37.5. The average Bonchev–Trinajstić information content (AvgIpc) is 2.94. The molecule has 2 aliphatic rings. The molecule has 2 heterocycles. The summed E-state index contributed by atoms with van der Waals surface area (Å²) in [4.78, 5) is 13.0. The first-order chi connectivity index (χ1) is 17.3. The smallest absolute Gasteiger partial charge is 0.379 e. The van der Waals surface area contributed by atoms with E-state index in [4.69, 9.17) is 4.79 Å². The van der Waals surface area contributed by atoms with Gasteiger partial charge in [-0.25, -0.2) is 0 Å². The van der Waals surface area contributed by atoms with Crippen LogP contribution in [0.15, 0.2) is 122 Å². The summed E-state index contributed by atoms with van der Waals surface area (Å²) in [5, 5.41) is 0. The molecule has 0 aromatic heterocycles. The Morgan fingerprint density at radius 2 is 0.889 bits per heavy atom. The van der Waals surface area contributed by atoms with Gasteiger partial charge in [0.1, 0.15) is 0 Å². The number of anilines is 2. The summed E-state index contributed by atoms with van der Waals surface area (Å²) >= 11 is 0. The molecular weight excluding hydrogens is 621 g/mol. The van der Waals surface area contributed by atoms with Crippen LogP contribution in [0.4, 0.5) is 11.4 Å². The molecule has 0 fully saturated rings. The largest absolute Gasteiger partial charge is 3.00 e. The summed E-state index contributed by atoms with van der Waals surface area (Å²) in [6.07, 6.45) is 8.97. The first-order valence-electron chi connectivity index (χ1n) is 11.4. The molecule has 0 saturated heterocycles. The van der Waals surface area contributed by atoms with Crippen molar-refractivity contribution in [1.29, 1.82) is 0 Å². The Morgan fingerprint density at radius 3 is 1.28 bits per heavy atom. The van der Waals surface area contributed by atoms with Crippen LogP contribution in [0.1, 0.15) is 22.3 Å². The van der Waals surface area contributed by atoms with E-state index >= 15 is 0 Å². The first-order valence-corrected chi connectivity index (χ1v) is 11.4. The average molecular weight is 648 g/mol. The monoisotopic (exact) mass is 648 g/mol. The summed E-state index contributed by atoms with van der Waals surface area (Å²) < 4.78 is 0. The predicted octanol–water partition coefficient (Wildman–Crippen LogP) is 7.39. The maximum atomic E-state index is 8.69. The number of aldehydes is 1. The molecule has 36 heavy (non-hydrogen) atoms. The third-order valence-corrected chi connectivity index (χ3v) is 5.49. The van der Waals surface area contributed by atoms with Crippen LogP contribution in [0, 0.1) is 20.0 Å². The van der Waals surface area contributed by atoms with Gasteiger partial charge in [0.15, 0.2) is 0 Å². The standard InChI is InChI=1S/2C15H12N.C2H3O.Ir/c2*1-2-8-15(9-3-1)16-11-10-13-6-4-5-7-14(13)12-16;1-2-3;/h2*1-12H;2H,1H2;/q3*-1;+3. The Kier molecular flexibility index (Phi) is 10.1. The SMILES string of the molecule is C1=CN(c2ccccc2)[CH-]c2ccccc21.C1=CN(c2ccccc2)[CH-]c2ccccc21.[CH2-]C=O.[Ir+3]. The van der Waals surface area contributed by atoms with Crippen molar-refractivity contribution in [3.05, 3.63) is 164 Å². The van der Waals surface area contributed by atoms with Crippen molar-refractivity contribution >= 4 is 29.8 Å². The molecule has 0 atom stereocenters. The second kappa shape index (κ2) is 13.7. The number of nitrogens with zero attached hydrogens (tertiary/aromatic N) is 2. The van der Waals surface area contributed by atoms with E-state index < -0.39 is 0 Å². The molecule has 2 aliphatic heterocycles. The third kappa shape index (κ3) is 6.95. The van der Waals surface area contributed by atoms with Crippen LogP contribution >= 0.6 is 0 Å². The van der Waals surface area contributed by atoms with E-state index in [2.05, 4.69) is 151 Å². The van der Waals surface area contributed by atoms with Crippen molar-refractivity contribution in [3.63, 3.8) is 0 Å². The predicted molar refractivity (Wildman–Crippen MR) is 147 cm³/mol. The number of benzene rings is 4. The van der Waals surface area contributed by atoms with E-state index in [0.29, 0.717) is 6.29 Å². The number of hydrogen-bond acceptors (Lipinski definition) is 3. The summed E-state index contributed by atoms with van der Waals surface area (Å²) in [5.41, 5.74) is 7.44. The second-order valence-electron chi connectivity index (χ2n) is 7.80. The van der Waals surface area contributed by atoms with Gasteiger partial charge in [-0.1, -0.05) is 73.8 Å². The Bertz CT molecular complexity index is 1190. The van der Waals surface area contributed by atoms with Crippen molar-refractivity contribution in [3.8, 4) is 0 Å². The molecule has 3 nitrogen and oxygen atoms in total. The number of carbonyl (C=O) groups is 1. The van der Waals surface area contributed by atoms with Crippen LogP contribution in [0.2, 0.25) is 0 Å². The minimum absolute atomic E-state index is 0. The molecule has 0 amide bonds. The molecular formula is C32H27IrN2O. The van der Waals surface area contributed by atoms with Crippen molar-refractivity contribution in [2.75, 3.05) is 9.80 Å². The van der Waals surface area contributed by atoms with E-state index in [1.165, 1.54) is 33.6 Å². The van der Waals surface area contributed by atoms with Gasteiger partial charge >= 0.3 is 20.1 Å². The molecule has 6 rings (SSSR count). The van der Waals surface area contributed by atoms with Crippen LogP contribution in [-0.4, -0.2) is 6.29 Å². The maximum absolute atomic E-state index is 8.69. The fraction of sp³-hybridized carbons (Fsp3) is 0. The van der Waals surface area contributed by atoms with Crippen molar-refractivity contribution in [1.82, 2.24) is 0 Å². The van der Waals surface area contributed by atoms with Gasteiger partial charge in [0.05, 0.1) is 0 Å². The van der Waals surface area contributed by atoms with E-state index in [1.54, 1.807) is 0 Å². The van der Waals surface area contributed by atoms with E-state index in [-0.39, 0.29) is 20.1 Å². The minimum atomic E-state index is 0. The third-order valence-electron chi connectivity index (χ3n) is 5.49. The van der Waals surface area contributed by atoms with E-state index in [0.717, 1.165) is 0 Å². The summed E-state index contributed by atoms with van der Waals surface area (Å²) in [5.74, 6) is 0. The molecule has 0 N–H and O–H groups in total. The van der Waals surface area contributed by atoms with E-state index in [1.807, 2.05) is 12.1 Å². The van der Waals surface area contributed by atoms with Gasteiger partial charge in [-0.05, 0) is 43.0 Å². The summed E-state index contributed by atoms with van der Waals surface area (Å²) in [7, 11) is 0. The molecule has 4 heteroatoms. The molecule has 0 bridgehead atoms. The number of fused-ring (bicyclic) bond motifs is 2. The zero-order chi connectivity index (χ0) is 24.3. The molecule has 0 aliphatic carbocycles. The van der Waals surface area contributed by atoms with Crippen molar-refractivity contribution in [2.24, 2.45) is 0 Å². The van der Waals surface area contributed by atoms with Gasteiger partial charge in [0, 0.05) is 11.4 Å². The van der Waals surface area contributed by atoms with Crippen molar-refractivity contribution < 1.29 is 24.9 Å². The molecule has 0 saturated carbocycles. The molecule has 0 unspecified atom stereocenters. The molecule has 0 radical (unpaired) electrons. The Morgan fingerprint density at radius 1 is 0.556 bits per heavy atom. The fourth-order valence-corrected chi connectivity index (χ4v) is 3.79. The topological polar surface area (TPSA) is 23.6 Å².